The van der Waals surface area contributed by atoms with Crippen LogP contribution in [0.25, 0.3) is 27.8 Å². The third-order valence-corrected chi connectivity index (χ3v) is 6.53. The largest absolute Gasteiger partial charge is 0.383 e. The molecule has 2 atom stereocenters. The molecule has 3 heterocycles. The maximum absolute atomic E-state index is 13.6. The van der Waals surface area contributed by atoms with Crippen LogP contribution in [-0.4, -0.2) is 70.3 Å². The number of nitrogens with one attached hydrogen (secondary N) is 1. The number of likely N-dealkylation sites (tertiary alicyclic amines) is 1. The Morgan fingerprint density at radius 2 is 1.75 bits per heavy atom. The van der Waals surface area contributed by atoms with Gasteiger partial charge in [-0.1, -0.05) is 5.21 Å². The summed E-state index contributed by atoms with van der Waals surface area (Å²) in [7, 11) is 3.27. The minimum absolute atomic E-state index is 0.00807. The van der Waals surface area contributed by atoms with Gasteiger partial charge in [-0.3, -0.25) is 9.59 Å². The second-order valence-electron chi connectivity index (χ2n) is 8.85. The lowest BCUT2D eigenvalue weighted by atomic mass is 10.1. The van der Waals surface area contributed by atoms with Crippen molar-refractivity contribution in [3.05, 3.63) is 76.5 Å². The minimum atomic E-state index is -0.394. The number of benzene rings is 2. The molecule has 186 valence electrons. The van der Waals surface area contributed by atoms with E-state index >= 15 is 0 Å². The molecule has 9 nitrogen and oxygen atoms in total. The second kappa shape index (κ2) is 10.00. The first-order valence-corrected chi connectivity index (χ1v) is 11.6. The third kappa shape index (κ3) is 4.52. The lowest BCUT2D eigenvalue weighted by Crippen LogP contribution is -2.44. The van der Waals surface area contributed by atoms with Crippen LogP contribution < -0.4 is 5.56 Å². The van der Waals surface area contributed by atoms with Gasteiger partial charge >= 0.3 is 0 Å². The van der Waals surface area contributed by atoms with Crippen molar-refractivity contribution in [2.75, 3.05) is 27.4 Å². The minimum Gasteiger partial charge on any atom is -0.383 e. The number of hydrogen-bond donors (Lipinski definition) is 1. The van der Waals surface area contributed by atoms with Gasteiger partial charge in [0.1, 0.15) is 11.5 Å². The first-order chi connectivity index (χ1) is 17.5. The summed E-state index contributed by atoms with van der Waals surface area (Å²) >= 11 is 0. The number of H-pyrrole nitrogens is 1. The standard InChI is InChI=1S/C26H26FN5O4/c1-35-14-20-8-9-21(15-36-2)32(20)26(34)16-3-6-19(7-4-16)31-13-24(29-30-31)22-12-17-11-18(27)5-10-23(17)28-25(22)33/h3-7,10-13,20-21H,8-9,14-15H2,1-2H3,(H,28,33)/t20-,21-/m0/s1. The van der Waals surface area contributed by atoms with E-state index in [1.54, 1.807) is 50.7 Å². The van der Waals surface area contributed by atoms with E-state index < -0.39 is 5.82 Å². The molecule has 0 aliphatic carbocycles. The van der Waals surface area contributed by atoms with E-state index in [9.17, 15) is 14.0 Å². The molecule has 2 aromatic heterocycles. The van der Waals surface area contributed by atoms with Crippen molar-refractivity contribution >= 4 is 16.8 Å². The van der Waals surface area contributed by atoms with Gasteiger partial charge < -0.3 is 19.4 Å². The SMILES string of the molecule is COC[C@@H]1CC[C@@H](COC)N1C(=O)c1ccc(-n2cc(-c3cc4cc(F)ccc4[nH]c3=O)nn2)cc1. The summed E-state index contributed by atoms with van der Waals surface area (Å²) in [5.41, 5.74) is 2.06. The Balaban J connectivity index is 1.39. The normalized spacial score (nSPS) is 17.7. The maximum Gasteiger partial charge on any atom is 0.258 e. The number of halogens is 1. The summed E-state index contributed by atoms with van der Waals surface area (Å²) in [4.78, 5) is 30.5. The molecule has 1 N–H and O–H groups in total. The number of hydrogen-bond acceptors (Lipinski definition) is 6. The molecule has 1 fully saturated rings. The van der Waals surface area contributed by atoms with Crippen LogP contribution in [0.4, 0.5) is 4.39 Å². The molecule has 4 aromatic rings. The highest BCUT2D eigenvalue weighted by Gasteiger charge is 2.37. The Kier molecular flexibility index (Phi) is 6.62. The number of aromatic nitrogens is 4. The van der Waals surface area contributed by atoms with Gasteiger partial charge in [0.05, 0.1) is 42.7 Å². The van der Waals surface area contributed by atoms with Gasteiger partial charge in [-0.25, -0.2) is 9.07 Å². The number of ether oxygens (including phenoxy) is 2. The fraction of sp³-hybridized carbons (Fsp3) is 0.308. The lowest BCUT2D eigenvalue weighted by Gasteiger charge is -2.30. The Labute approximate surface area is 206 Å². The van der Waals surface area contributed by atoms with E-state index in [1.807, 2.05) is 4.90 Å². The average molecular weight is 492 g/mol. The number of amides is 1. The monoisotopic (exact) mass is 491 g/mol. The fourth-order valence-electron chi connectivity index (χ4n) is 4.79. The van der Waals surface area contributed by atoms with Crippen molar-refractivity contribution in [2.45, 2.75) is 24.9 Å². The van der Waals surface area contributed by atoms with Gasteiger partial charge in [-0.15, -0.1) is 5.10 Å². The molecule has 1 aliphatic rings. The number of nitrogens with zero attached hydrogens (tertiary/aromatic N) is 4. The van der Waals surface area contributed by atoms with Crippen LogP contribution in [0.3, 0.4) is 0 Å². The maximum atomic E-state index is 13.6. The molecular formula is C26H26FN5O4. The first-order valence-electron chi connectivity index (χ1n) is 11.6. The Bertz CT molecular complexity index is 1430. The highest BCUT2D eigenvalue weighted by atomic mass is 19.1. The summed E-state index contributed by atoms with van der Waals surface area (Å²) in [6.45, 7) is 0.957. The molecule has 5 rings (SSSR count). The zero-order valence-corrected chi connectivity index (χ0v) is 20.0. The molecule has 0 bridgehead atoms. The number of carbonyl (C=O) groups is 1. The van der Waals surface area contributed by atoms with Crippen molar-refractivity contribution in [2.24, 2.45) is 0 Å². The van der Waals surface area contributed by atoms with Crippen LogP contribution in [0.15, 0.2) is 59.5 Å². The summed E-state index contributed by atoms with van der Waals surface area (Å²) in [6, 6.07) is 12.8. The van der Waals surface area contributed by atoms with E-state index in [4.69, 9.17) is 9.47 Å². The summed E-state index contributed by atoms with van der Waals surface area (Å²) in [5.74, 6) is -0.466. The fourth-order valence-corrected chi connectivity index (χ4v) is 4.79. The van der Waals surface area contributed by atoms with Crippen molar-refractivity contribution in [1.82, 2.24) is 24.9 Å². The lowest BCUT2D eigenvalue weighted by molar-refractivity contribution is 0.0420. The molecule has 0 spiro atoms. The van der Waals surface area contributed by atoms with Gasteiger partial charge in [0, 0.05) is 30.7 Å². The van der Waals surface area contributed by atoms with Crippen molar-refractivity contribution in [3.63, 3.8) is 0 Å². The van der Waals surface area contributed by atoms with Crippen molar-refractivity contribution < 1.29 is 18.7 Å². The summed E-state index contributed by atoms with van der Waals surface area (Å²) in [6.07, 6.45) is 3.36. The Morgan fingerprint density at radius 3 is 2.42 bits per heavy atom. The van der Waals surface area contributed by atoms with Crippen LogP contribution in [-0.2, 0) is 9.47 Å². The van der Waals surface area contributed by atoms with Gasteiger partial charge in [-0.05, 0) is 61.4 Å². The van der Waals surface area contributed by atoms with E-state index in [0.29, 0.717) is 41.1 Å². The Hall–Kier alpha value is -3.89. The third-order valence-electron chi connectivity index (χ3n) is 6.53. The van der Waals surface area contributed by atoms with E-state index in [1.165, 1.54) is 22.9 Å². The molecule has 36 heavy (non-hydrogen) atoms. The average Bonchev–Trinajstić information content (AvgIpc) is 3.52. The molecule has 0 saturated carbocycles. The quantitative estimate of drug-likeness (QED) is 0.426. The highest BCUT2D eigenvalue weighted by Crippen LogP contribution is 2.27. The number of methoxy groups -OCH3 is 2. The highest BCUT2D eigenvalue weighted by molar-refractivity contribution is 5.95. The van der Waals surface area contributed by atoms with Crippen LogP contribution in [0.1, 0.15) is 23.2 Å². The molecule has 1 saturated heterocycles. The van der Waals surface area contributed by atoms with Gasteiger partial charge in [0.25, 0.3) is 11.5 Å². The number of rotatable bonds is 7. The molecule has 10 heteroatoms. The van der Waals surface area contributed by atoms with Gasteiger partial charge in [0.15, 0.2) is 0 Å². The molecule has 0 radical (unpaired) electrons. The number of fused-ring (bicyclic) bond motifs is 1. The van der Waals surface area contributed by atoms with E-state index in [0.717, 1.165) is 12.8 Å². The number of aromatic amines is 1. The summed E-state index contributed by atoms with van der Waals surface area (Å²) in [5, 5.41) is 8.83. The molecule has 0 unspecified atom stereocenters. The predicted octanol–water partition coefficient (Wildman–Crippen LogP) is 3.18. The molecule has 1 aliphatic heterocycles. The predicted molar refractivity (Wildman–Crippen MR) is 132 cm³/mol. The topological polar surface area (TPSA) is 102 Å². The van der Waals surface area contributed by atoms with Gasteiger partial charge in [0.2, 0.25) is 0 Å². The number of pyridine rings is 1. The van der Waals surface area contributed by atoms with Crippen LogP contribution in [0.5, 0.6) is 0 Å². The first kappa shape index (κ1) is 23.8. The van der Waals surface area contributed by atoms with Crippen LogP contribution in [0, 0.1) is 5.82 Å². The van der Waals surface area contributed by atoms with Crippen LogP contribution >= 0.6 is 0 Å². The Morgan fingerprint density at radius 1 is 1.06 bits per heavy atom. The number of carbonyl (C=O) groups excluding carboxylic acids is 1. The van der Waals surface area contributed by atoms with E-state index in [2.05, 4.69) is 15.3 Å². The van der Waals surface area contributed by atoms with Crippen molar-refractivity contribution in [1.29, 1.82) is 0 Å². The zero-order chi connectivity index (χ0) is 25.2. The summed E-state index contributed by atoms with van der Waals surface area (Å²) < 4.78 is 25.8. The van der Waals surface area contributed by atoms with Crippen LogP contribution in [0.2, 0.25) is 0 Å². The molecular weight excluding hydrogens is 465 g/mol. The molecule has 1 amide bonds. The zero-order valence-electron chi connectivity index (χ0n) is 20.0. The smallest absolute Gasteiger partial charge is 0.258 e. The van der Waals surface area contributed by atoms with Crippen molar-refractivity contribution in [3.8, 4) is 16.9 Å². The molecule has 2 aromatic carbocycles. The van der Waals surface area contributed by atoms with E-state index in [-0.39, 0.29) is 29.1 Å². The second-order valence-corrected chi connectivity index (χ2v) is 8.85. The van der Waals surface area contributed by atoms with Gasteiger partial charge in [-0.2, -0.15) is 0 Å².